The van der Waals surface area contributed by atoms with Crippen molar-refractivity contribution in [2.45, 2.75) is 103 Å². The zero-order chi connectivity index (χ0) is 38.2. The number of carboxylic acid groups (broad SMARTS) is 4. The molecule has 0 aromatic rings. The molecule has 8 N–H and O–H groups in total. The van der Waals surface area contributed by atoms with Crippen molar-refractivity contribution in [3.63, 3.8) is 0 Å². The first-order valence-electron chi connectivity index (χ1n) is 14.4. The number of hydrogen-bond acceptors (Lipinski definition) is 14. The Kier molecular flexibility index (Phi) is 19.4. The molecule has 2 saturated heterocycles. The fourth-order valence-electron chi connectivity index (χ4n) is 3.80. The lowest BCUT2D eigenvalue weighted by atomic mass is 9.99. The molecule has 20 heteroatoms. The van der Waals surface area contributed by atoms with Crippen LogP contribution in [0.15, 0.2) is 0 Å². The van der Waals surface area contributed by atoms with Crippen molar-refractivity contribution in [2.24, 2.45) is 11.5 Å². The van der Waals surface area contributed by atoms with E-state index in [1.54, 1.807) is 41.5 Å². The van der Waals surface area contributed by atoms with E-state index in [2.05, 4.69) is 0 Å². The van der Waals surface area contributed by atoms with E-state index in [0.717, 1.165) is 0 Å². The zero-order valence-electron chi connectivity index (χ0n) is 28.3. The van der Waals surface area contributed by atoms with Gasteiger partial charge in [0.15, 0.2) is 0 Å². The first-order chi connectivity index (χ1) is 21.8. The number of nitrogens with two attached hydrogens (primary N) is 2. The summed E-state index contributed by atoms with van der Waals surface area (Å²) in [4.78, 5) is 86.5. The molecule has 0 aromatic heterocycles. The smallest absolute Gasteiger partial charge is 0.414 e. The molecule has 0 aromatic carbocycles. The minimum Gasteiger partial charge on any atom is -0.473 e. The van der Waals surface area contributed by atoms with E-state index in [1.807, 2.05) is 0 Å². The van der Waals surface area contributed by atoms with Crippen LogP contribution in [0, 0.1) is 0 Å². The molecule has 4 atom stereocenters. The lowest BCUT2D eigenvalue weighted by Crippen LogP contribution is -2.55. The Balaban J connectivity index is 0. The molecule has 0 aliphatic carbocycles. The van der Waals surface area contributed by atoms with Crippen LogP contribution in [0.1, 0.15) is 67.2 Å². The molecule has 20 nitrogen and oxygen atoms in total. The second kappa shape index (κ2) is 20.5. The topological polar surface area (TPSA) is 313 Å². The second-order valence-electron chi connectivity index (χ2n) is 12.2. The van der Waals surface area contributed by atoms with Crippen molar-refractivity contribution >= 4 is 48.0 Å². The van der Waals surface area contributed by atoms with Crippen LogP contribution < -0.4 is 11.5 Å². The van der Waals surface area contributed by atoms with E-state index in [1.165, 1.54) is 24.0 Å². The Hall–Kier alpha value is -4.72. The molecule has 0 unspecified atom stereocenters. The van der Waals surface area contributed by atoms with Gasteiger partial charge in [-0.3, -0.25) is 9.80 Å². The number of aliphatic carboxylic acids is 4. The third kappa shape index (κ3) is 19.1. The molecule has 2 amide bonds. The number of esters is 2. The van der Waals surface area contributed by atoms with Gasteiger partial charge in [0, 0.05) is 25.2 Å². The molecule has 48 heavy (non-hydrogen) atoms. The fourth-order valence-corrected chi connectivity index (χ4v) is 3.80. The van der Waals surface area contributed by atoms with E-state index in [9.17, 15) is 19.2 Å². The average molecular weight is 697 g/mol. The number of likely N-dealkylation sites (tertiary alicyclic amines) is 2. The summed E-state index contributed by atoms with van der Waals surface area (Å²) in [7, 11) is 2.62. The SMILES string of the molecule is COC(=O)[C@@H]1CC[C@H](N)CN1C(=O)OC(C)(C)C.COC(=O)[C@H]1CC[C@@H](N)CN1C(=O)OC(C)(C)C.O=C(O)C(=O)O.O=C(O)C(=O)O. The number of rotatable bonds is 2. The molecular formula is C28H48N4O16. The summed E-state index contributed by atoms with van der Waals surface area (Å²) in [6, 6.07) is -1.44. The van der Waals surface area contributed by atoms with E-state index >= 15 is 0 Å². The van der Waals surface area contributed by atoms with Crippen LogP contribution in [0.25, 0.3) is 0 Å². The predicted octanol–water partition coefficient (Wildman–Crippen LogP) is 0.0836. The monoisotopic (exact) mass is 696 g/mol. The van der Waals surface area contributed by atoms with Crippen LogP contribution in [0.2, 0.25) is 0 Å². The summed E-state index contributed by atoms with van der Waals surface area (Å²) < 4.78 is 20.0. The third-order valence-electron chi connectivity index (χ3n) is 5.81. The van der Waals surface area contributed by atoms with E-state index in [4.69, 9.17) is 70.0 Å². The molecule has 0 spiro atoms. The number of carbonyl (C=O) groups excluding carboxylic acids is 4. The maximum atomic E-state index is 12.0. The van der Waals surface area contributed by atoms with Crippen LogP contribution in [-0.2, 0) is 47.7 Å². The highest BCUT2D eigenvalue weighted by molar-refractivity contribution is 6.27. The minimum absolute atomic E-state index is 0.126. The van der Waals surface area contributed by atoms with Gasteiger partial charge >= 0.3 is 48.0 Å². The number of amides is 2. The standard InChI is InChI=1S/2C12H22N2O4.2C2H2O4/c2*1-12(2,3)18-11(16)14-7-8(13)5-6-9(14)10(15)17-4;2*3-1(4)2(5)6/h2*8-9H,5-7,13H2,1-4H3;2*(H,3,4)(H,5,6)/t2*8-,9-;;/m10../s1. The Morgan fingerprint density at radius 3 is 0.979 bits per heavy atom. The summed E-state index contributed by atoms with van der Waals surface area (Å²) in [5, 5.41) is 29.6. The Morgan fingerprint density at radius 2 is 0.792 bits per heavy atom. The van der Waals surface area contributed by atoms with Gasteiger partial charge in [0.05, 0.1) is 14.2 Å². The van der Waals surface area contributed by atoms with Crippen molar-refractivity contribution in [1.29, 1.82) is 0 Å². The van der Waals surface area contributed by atoms with Crippen molar-refractivity contribution in [3.8, 4) is 0 Å². The van der Waals surface area contributed by atoms with Crippen molar-refractivity contribution in [1.82, 2.24) is 9.80 Å². The molecule has 2 rings (SSSR count). The molecule has 2 aliphatic rings. The zero-order valence-corrected chi connectivity index (χ0v) is 28.3. The van der Waals surface area contributed by atoms with E-state index in [-0.39, 0.29) is 12.1 Å². The highest BCUT2D eigenvalue weighted by Crippen LogP contribution is 2.22. The summed E-state index contributed by atoms with van der Waals surface area (Å²) in [6.45, 7) is 11.3. The molecule has 2 aliphatic heterocycles. The second-order valence-corrected chi connectivity index (χ2v) is 12.2. The summed E-state index contributed by atoms with van der Waals surface area (Å²) in [5.74, 6) is -8.14. The number of methoxy groups -OCH3 is 2. The predicted molar refractivity (Wildman–Crippen MR) is 162 cm³/mol. The highest BCUT2D eigenvalue weighted by atomic mass is 16.6. The quantitative estimate of drug-likeness (QED) is 0.126. The van der Waals surface area contributed by atoms with Gasteiger partial charge in [-0.2, -0.15) is 0 Å². The number of piperidine rings is 2. The molecular weight excluding hydrogens is 648 g/mol. The number of hydrogen-bond donors (Lipinski definition) is 6. The van der Waals surface area contributed by atoms with Gasteiger partial charge < -0.3 is 50.8 Å². The normalized spacial score (nSPS) is 20.3. The molecule has 2 heterocycles. The first kappa shape index (κ1) is 45.4. The first-order valence-corrected chi connectivity index (χ1v) is 14.4. The lowest BCUT2D eigenvalue weighted by Gasteiger charge is -2.37. The summed E-state index contributed by atoms with van der Waals surface area (Å²) >= 11 is 0. The van der Waals surface area contributed by atoms with Gasteiger partial charge in [-0.1, -0.05) is 0 Å². The lowest BCUT2D eigenvalue weighted by molar-refractivity contribution is -0.159. The van der Waals surface area contributed by atoms with E-state index in [0.29, 0.717) is 38.8 Å². The Morgan fingerprint density at radius 1 is 0.542 bits per heavy atom. The van der Waals surface area contributed by atoms with Crippen molar-refractivity contribution in [2.75, 3.05) is 27.3 Å². The number of nitrogens with zero attached hydrogens (tertiary/aromatic N) is 2. The van der Waals surface area contributed by atoms with Crippen molar-refractivity contribution in [3.05, 3.63) is 0 Å². The van der Waals surface area contributed by atoms with E-state index < -0.39 is 71.3 Å². The van der Waals surface area contributed by atoms with Gasteiger partial charge in [-0.15, -0.1) is 0 Å². The largest absolute Gasteiger partial charge is 0.473 e. The maximum Gasteiger partial charge on any atom is 0.414 e. The Labute approximate surface area is 277 Å². The van der Waals surface area contributed by atoms with Crippen LogP contribution in [0.4, 0.5) is 9.59 Å². The molecule has 0 bridgehead atoms. The summed E-state index contributed by atoms with van der Waals surface area (Å²) in [5.41, 5.74) is 10.5. The van der Waals surface area contributed by atoms with Crippen LogP contribution in [0.5, 0.6) is 0 Å². The molecule has 0 saturated carbocycles. The number of carboxylic acids is 4. The molecule has 0 radical (unpaired) electrons. The molecule has 276 valence electrons. The van der Waals surface area contributed by atoms with Crippen LogP contribution in [0.3, 0.4) is 0 Å². The number of ether oxygens (including phenoxy) is 4. The average Bonchev–Trinajstić information content (AvgIpc) is 2.95. The minimum atomic E-state index is -1.82. The number of carbonyl (C=O) groups is 8. The third-order valence-corrected chi connectivity index (χ3v) is 5.81. The summed E-state index contributed by atoms with van der Waals surface area (Å²) in [6.07, 6.45) is 1.36. The Bertz CT molecular complexity index is 1040. The van der Waals surface area contributed by atoms with Gasteiger partial charge in [-0.05, 0) is 67.2 Å². The highest BCUT2D eigenvalue weighted by Gasteiger charge is 2.39. The maximum absolute atomic E-state index is 12.0. The van der Waals surface area contributed by atoms with Crippen LogP contribution in [-0.4, -0.2) is 141 Å². The molecule has 2 fully saturated rings. The van der Waals surface area contributed by atoms with Crippen molar-refractivity contribution < 1.29 is 77.7 Å². The van der Waals surface area contributed by atoms with Gasteiger partial charge in [0.1, 0.15) is 23.3 Å². The van der Waals surface area contributed by atoms with Crippen LogP contribution >= 0.6 is 0 Å². The van der Waals surface area contributed by atoms with Gasteiger partial charge in [0.25, 0.3) is 0 Å². The fraction of sp³-hybridized carbons (Fsp3) is 0.714. The van der Waals surface area contributed by atoms with Gasteiger partial charge in [-0.25, -0.2) is 38.4 Å². The van der Waals surface area contributed by atoms with Gasteiger partial charge in [0.2, 0.25) is 0 Å².